The standard InChI is InChI=1S/C17H25NO6.ClH/c1-3-22-13(19)6-5-9-17(21)14(16(20)23-4-2)15(18)12(10-24-17)11-7-8-11;/h10-11,21H,3-9,18H2,1-2H3;1H. The molecule has 0 aromatic carbocycles. The van der Waals surface area contributed by atoms with Crippen molar-refractivity contribution in [2.75, 3.05) is 13.2 Å². The lowest BCUT2D eigenvalue weighted by Gasteiger charge is -2.34. The van der Waals surface area contributed by atoms with E-state index in [0.717, 1.165) is 18.4 Å². The molecule has 0 radical (unpaired) electrons. The van der Waals surface area contributed by atoms with E-state index in [1.54, 1.807) is 13.8 Å². The van der Waals surface area contributed by atoms with Crippen molar-refractivity contribution in [3.8, 4) is 0 Å². The molecule has 25 heavy (non-hydrogen) atoms. The Balaban J connectivity index is 0.00000312. The zero-order valence-electron chi connectivity index (χ0n) is 14.6. The third kappa shape index (κ3) is 5.12. The average Bonchev–Trinajstić information content (AvgIpc) is 3.32. The molecule has 8 heteroatoms. The predicted octanol–water partition coefficient (Wildman–Crippen LogP) is 1.93. The van der Waals surface area contributed by atoms with Crippen molar-refractivity contribution < 1.29 is 28.9 Å². The van der Waals surface area contributed by atoms with E-state index >= 15 is 0 Å². The number of halogens is 1. The van der Waals surface area contributed by atoms with Crippen LogP contribution >= 0.6 is 12.4 Å². The number of rotatable bonds is 8. The molecule has 3 N–H and O–H groups in total. The van der Waals surface area contributed by atoms with E-state index in [2.05, 4.69) is 0 Å². The largest absolute Gasteiger partial charge is 0.466 e. The van der Waals surface area contributed by atoms with Crippen molar-refractivity contribution in [2.24, 2.45) is 11.7 Å². The summed E-state index contributed by atoms with van der Waals surface area (Å²) in [6, 6.07) is 0. The quantitative estimate of drug-likeness (QED) is 0.624. The highest BCUT2D eigenvalue weighted by Crippen LogP contribution is 2.44. The van der Waals surface area contributed by atoms with Gasteiger partial charge in [0.05, 0.1) is 25.2 Å². The maximum absolute atomic E-state index is 12.3. The van der Waals surface area contributed by atoms with Crippen molar-refractivity contribution >= 4 is 24.3 Å². The van der Waals surface area contributed by atoms with Gasteiger partial charge >= 0.3 is 11.9 Å². The molecule has 1 atom stereocenters. The summed E-state index contributed by atoms with van der Waals surface area (Å²) in [4.78, 5) is 23.7. The van der Waals surface area contributed by atoms with Gasteiger partial charge in [-0.3, -0.25) is 4.79 Å². The predicted molar refractivity (Wildman–Crippen MR) is 92.4 cm³/mol. The molecule has 2 rings (SSSR count). The zero-order chi connectivity index (χ0) is 17.7. The molecule has 0 bridgehead atoms. The minimum atomic E-state index is -1.89. The van der Waals surface area contributed by atoms with Crippen molar-refractivity contribution in [3.05, 3.63) is 23.1 Å². The zero-order valence-corrected chi connectivity index (χ0v) is 15.4. The van der Waals surface area contributed by atoms with Crippen LogP contribution in [0.5, 0.6) is 0 Å². The van der Waals surface area contributed by atoms with Crippen molar-refractivity contribution in [2.45, 2.75) is 51.7 Å². The van der Waals surface area contributed by atoms with E-state index in [0.29, 0.717) is 6.61 Å². The summed E-state index contributed by atoms with van der Waals surface area (Å²) < 4.78 is 15.4. The Hall–Kier alpha value is -1.73. The summed E-state index contributed by atoms with van der Waals surface area (Å²) in [5.74, 6) is -2.68. The third-order valence-electron chi connectivity index (χ3n) is 4.05. The van der Waals surface area contributed by atoms with Crippen LogP contribution in [0.3, 0.4) is 0 Å². The van der Waals surface area contributed by atoms with Gasteiger partial charge in [0.15, 0.2) is 0 Å². The Kier molecular flexibility index (Phi) is 7.76. The van der Waals surface area contributed by atoms with Gasteiger partial charge < -0.3 is 25.1 Å². The maximum atomic E-state index is 12.3. The second-order valence-electron chi connectivity index (χ2n) is 5.92. The van der Waals surface area contributed by atoms with Gasteiger partial charge in [0.25, 0.3) is 0 Å². The summed E-state index contributed by atoms with van der Waals surface area (Å²) in [5.41, 5.74) is 7.01. The SMILES string of the molecule is CCOC(=O)CCCC1(O)OC=C(C2CC2)C(N)=C1C(=O)OCC.Cl. The van der Waals surface area contributed by atoms with Crippen LogP contribution in [0.2, 0.25) is 0 Å². The molecule has 0 amide bonds. The molecule has 1 saturated carbocycles. The first-order valence-corrected chi connectivity index (χ1v) is 8.36. The van der Waals surface area contributed by atoms with Gasteiger partial charge in [0, 0.05) is 18.4 Å². The minimum absolute atomic E-state index is 0. The fraction of sp³-hybridized carbons (Fsp3) is 0.647. The molecule has 142 valence electrons. The summed E-state index contributed by atoms with van der Waals surface area (Å²) in [6.45, 7) is 3.86. The fourth-order valence-electron chi connectivity index (χ4n) is 2.71. The van der Waals surface area contributed by atoms with Gasteiger partial charge in [-0.05, 0) is 39.0 Å². The molecule has 0 spiro atoms. The molecular weight excluding hydrogens is 350 g/mol. The Labute approximate surface area is 153 Å². The third-order valence-corrected chi connectivity index (χ3v) is 4.05. The van der Waals surface area contributed by atoms with Crippen LogP contribution in [0.1, 0.15) is 46.0 Å². The number of carbonyl (C=O) groups is 2. The smallest absolute Gasteiger partial charge is 0.342 e. The Bertz CT molecular complexity index is 569. The fourth-order valence-corrected chi connectivity index (χ4v) is 2.71. The summed E-state index contributed by atoms with van der Waals surface area (Å²) in [5, 5.41) is 10.8. The molecule has 1 unspecified atom stereocenters. The molecule has 1 aliphatic heterocycles. The lowest BCUT2D eigenvalue weighted by Crippen LogP contribution is -2.42. The topological polar surface area (TPSA) is 108 Å². The van der Waals surface area contributed by atoms with Gasteiger partial charge in [0.1, 0.15) is 5.57 Å². The molecule has 1 aliphatic carbocycles. The summed E-state index contributed by atoms with van der Waals surface area (Å²) in [7, 11) is 0. The molecular formula is C17H26ClNO6. The molecule has 1 heterocycles. The van der Waals surface area contributed by atoms with Crippen LogP contribution in [0.4, 0.5) is 0 Å². The average molecular weight is 376 g/mol. The Morgan fingerprint density at radius 1 is 1.32 bits per heavy atom. The first-order valence-electron chi connectivity index (χ1n) is 8.36. The summed E-state index contributed by atoms with van der Waals surface area (Å²) >= 11 is 0. The highest BCUT2D eigenvalue weighted by Gasteiger charge is 2.45. The lowest BCUT2D eigenvalue weighted by atomic mass is 9.92. The van der Waals surface area contributed by atoms with E-state index in [1.165, 1.54) is 6.26 Å². The van der Waals surface area contributed by atoms with Crippen molar-refractivity contribution in [1.82, 2.24) is 0 Å². The van der Waals surface area contributed by atoms with Gasteiger partial charge in [-0.15, -0.1) is 12.4 Å². The van der Waals surface area contributed by atoms with E-state index in [9.17, 15) is 14.7 Å². The van der Waals surface area contributed by atoms with Crippen LogP contribution in [-0.2, 0) is 23.8 Å². The normalized spacial score (nSPS) is 22.4. The molecule has 7 nitrogen and oxygen atoms in total. The van der Waals surface area contributed by atoms with E-state index in [4.69, 9.17) is 19.9 Å². The number of hydrogen-bond donors (Lipinski definition) is 2. The monoisotopic (exact) mass is 375 g/mol. The number of nitrogens with two attached hydrogens (primary N) is 1. The molecule has 1 fully saturated rings. The number of esters is 2. The van der Waals surface area contributed by atoms with Crippen LogP contribution in [0, 0.1) is 5.92 Å². The van der Waals surface area contributed by atoms with Crippen molar-refractivity contribution in [1.29, 1.82) is 0 Å². The number of carbonyl (C=O) groups excluding carboxylic acids is 2. The second-order valence-corrected chi connectivity index (χ2v) is 5.92. The lowest BCUT2D eigenvalue weighted by molar-refractivity contribution is -0.166. The van der Waals surface area contributed by atoms with Gasteiger partial charge in [0.2, 0.25) is 5.79 Å². The highest BCUT2D eigenvalue weighted by molar-refractivity contribution is 5.92. The number of allylic oxidation sites excluding steroid dienone is 1. The van der Waals surface area contributed by atoms with Crippen LogP contribution in [0.15, 0.2) is 23.1 Å². The van der Waals surface area contributed by atoms with Gasteiger partial charge in [-0.2, -0.15) is 0 Å². The minimum Gasteiger partial charge on any atom is -0.466 e. The van der Waals surface area contributed by atoms with Crippen molar-refractivity contribution in [3.63, 3.8) is 0 Å². The number of hydrogen-bond acceptors (Lipinski definition) is 7. The molecule has 0 aromatic heterocycles. The Morgan fingerprint density at radius 2 is 1.96 bits per heavy atom. The van der Waals surface area contributed by atoms with Crippen LogP contribution < -0.4 is 5.73 Å². The molecule has 2 aliphatic rings. The van der Waals surface area contributed by atoms with E-state index < -0.39 is 11.8 Å². The number of aliphatic hydroxyl groups is 1. The van der Waals surface area contributed by atoms with E-state index in [1.807, 2.05) is 0 Å². The van der Waals surface area contributed by atoms with Crippen LogP contribution in [-0.4, -0.2) is 36.0 Å². The first kappa shape index (κ1) is 21.3. The highest BCUT2D eigenvalue weighted by atomic mass is 35.5. The second kappa shape index (κ2) is 9.10. The maximum Gasteiger partial charge on any atom is 0.342 e. The van der Waals surface area contributed by atoms with Gasteiger partial charge in [-0.25, -0.2) is 4.79 Å². The van der Waals surface area contributed by atoms with Gasteiger partial charge in [-0.1, -0.05) is 0 Å². The Morgan fingerprint density at radius 3 is 2.52 bits per heavy atom. The number of ether oxygens (including phenoxy) is 3. The van der Waals surface area contributed by atoms with Crippen LogP contribution in [0.25, 0.3) is 0 Å². The molecule has 0 saturated heterocycles. The first-order chi connectivity index (χ1) is 11.4. The molecule has 0 aromatic rings. The van der Waals surface area contributed by atoms with E-state index in [-0.39, 0.29) is 61.4 Å². The summed E-state index contributed by atoms with van der Waals surface area (Å²) in [6.07, 6.45) is 3.84.